The summed E-state index contributed by atoms with van der Waals surface area (Å²) in [7, 11) is 1.69. The summed E-state index contributed by atoms with van der Waals surface area (Å²) in [6.45, 7) is 4.39. The second kappa shape index (κ2) is 6.24. The second-order valence-corrected chi connectivity index (χ2v) is 4.55. The van der Waals surface area contributed by atoms with Gasteiger partial charge >= 0.3 is 0 Å². The molecule has 1 heteroatoms. The fourth-order valence-electron chi connectivity index (χ4n) is 2.34. The number of methoxy groups -OCH3 is 1. The van der Waals surface area contributed by atoms with Crippen molar-refractivity contribution in [3.05, 3.63) is 65.7 Å². The molecule has 0 aromatic heterocycles. The molecule has 0 saturated carbocycles. The molecule has 2 aromatic rings. The van der Waals surface area contributed by atoms with Gasteiger partial charge in [0.1, 0.15) is 5.75 Å². The molecular weight excluding hydrogens is 232 g/mol. The highest BCUT2D eigenvalue weighted by Crippen LogP contribution is 2.29. The van der Waals surface area contributed by atoms with Gasteiger partial charge in [0, 0.05) is 0 Å². The summed E-state index contributed by atoms with van der Waals surface area (Å²) in [6, 6.07) is 18.8. The lowest BCUT2D eigenvalue weighted by atomic mass is 9.94. The van der Waals surface area contributed by atoms with Crippen molar-refractivity contribution in [3.63, 3.8) is 0 Å². The molecular formula is C18H20O. The predicted molar refractivity (Wildman–Crippen MR) is 82.2 cm³/mol. The maximum atomic E-state index is 5.20. The van der Waals surface area contributed by atoms with E-state index < -0.39 is 0 Å². The van der Waals surface area contributed by atoms with E-state index in [0.717, 1.165) is 12.2 Å². The van der Waals surface area contributed by atoms with Crippen LogP contribution in [0.15, 0.2) is 54.6 Å². The van der Waals surface area contributed by atoms with E-state index >= 15 is 0 Å². The van der Waals surface area contributed by atoms with Gasteiger partial charge in [0.25, 0.3) is 0 Å². The van der Waals surface area contributed by atoms with Crippen molar-refractivity contribution in [2.45, 2.75) is 20.3 Å². The van der Waals surface area contributed by atoms with E-state index in [1.807, 2.05) is 12.1 Å². The Morgan fingerprint density at radius 2 is 1.53 bits per heavy atom. The summed E-state index contributed by atoms with van der Waals surface area (Å²) in [6.07, 6.45) is 1.03. The fourth-order valence-corrected chi connectivity index (χ4v) is 2.34. The van der Waals surface area contributed by atoms with Crippen molar-refractivity contribution in [2.75, 3.05) is 7.11 Å². The zero-order chi connectivity index (χ0) is 13.7. The second-order valence-electron chi connectivity index (χ2n) is 4.55. The van der Waals surface area contributed by atoms with E-state index in [4.69, 9.17) is 4.74 Å². The molecule has 2 aromatic carbocycles. The Hall–Kier alpha value is -2.02. The molecule has 0 amide bonds. The Kier molecular flexibility index (Phi) is 4.40. The van der Waals surface area contributed by atoms with Crippen LogP contribution in [0.25, 0.3) is 11.1 Å². The molecule has 19 heavy (non-hydrogen) atoms. The van der Waals surface area contributed by atoms with Crippen molar-refractivity contribution in [1.82, 2.24) is 0 Å². The maximum absolute atomic E-state index is 5.20. The van der Waals surface area contributed by atoms with E-state index in [0.29, 0.717) is 0 Å². The molecule has 0 aliphatic carbocycles. The summed E-state index contributed by atoms with van der Waals surface area (Å²) in [4.78, 5) is 0. The Balaban J connectivity index is 2.42. The number of rotatable bonds is 4. The molecule has 0 bridgehead atoms. The zero-order valence-electron chi connectivity index (χ0n) is 11.8. The summed E-state index contributed by atoms with van der Waals surface area (Å²) < 4.78 is 5.20. The maximum Gasteiger partial charge on any atom is 0.118 e. The number of ether oxygens (including phenoxy) is 1. The highest BCUT2D eigenvalue weighted by Gasteiger charge is 2.05. The number of benzene rings is 2. The predicted octanol–water partition coefficient (Wildman–Crippen LogP) is 5.04. The lowest BCUT2D eigenvalue weighted by Crippen LogP contribution is -1.89. The molecule has 0 radical (unpaired) electrons. The third-order valence-corrected chi connectivity index (χ3v) is 3.45. The van der Waals surface area contributed by atoms with Gasteiger partial charge in [-0.25, -0.2) is 0 Å². The number of allylic oxidation sites excluding steroid dienone is 2. The van der Waals surface area contributed by atoms with Crippen LogP contribution in [0, 0.1) is 0 Å². The number of hydrogen-bond acceptors (Lipinski definition) is 1. The van der Waals surface area contributed by atoms with Crippen molar-refractivity contribution in [2.24, 2.45) is 0 Å². The first-order valence-corrected chi connectivity index (χ1v) is 6.66. The van der Waals surface area contributed by atoms with Crippen molar-refractivity contribution < 1.29 is 4.74 Å². The summed E-state index contributed by atoms with van der Waals surface area (Å²) in [5.74, 6) is 0.898. The minimum Gasteiger partial charge on any atom is -0.497 e. The monoisotopic (exact) mass is 252 g/mol. The lowest BCUT2D eigenvalue weighted by Gasteiger charge is -2.12. The third kappa shape index (κ3) is 3.05. The van der Waals surface area contributed by atoms with Crippen LogP contribution >= 0.6 is 0 Å². The minimum atomic E-state index is 0.898. The van der Waals surface area contributed by atoms with Crippen LogP contribution < -0.4 is 4.74 Å². The molecule has 98 valence electrons. The van der Waals surface area contributed by atoms with Crippen LogP contribution in [0.2, 0.25) is 0 Å². The van der Waals surface area contributed by atoms with Gasteiger partial charge in [-0.05, 0) is 47.8 Å². The molecule has 0 spiro atoms. The van der Waals surface area contributed by atoms with Crippen molar-refractivity contribution in [1.29, 1.82) is 0 Å². The number of hydrogen-bond donors (Lipinski definition) is 0. The van der Waals surface area contributed by atoms with Gasteiger partial charge < -0.3 is 4.74 Å². The topological polar surface area (TPSA) is 9.23 Å². The van der Waals surface area contributed by atoms with Crippen LogP contribution in [-0.2, 0) is 0 Å². The first kappa shape index (κ1) is 13.4. The smallest absolute Gasteiger partial charge is 0.118 e. The molecule has 0 aliphatic heterocycles. The Morgan fingerprint density at radius 1 is 0.895 bits per heavy atom. The standard InChI is InChI=1S/C18H20O/c1-4-18(16-8-6-5-7-9-16)14(2)15-10-12-17(19-3)13-11-15/h5-13H,4H2,1-3H3/b18-14-. The molecule has 0 heterocycles. The molecule has 2 rings (SSSR count). The van der Waals surface area contributed by atoms with Gasteiger partial charge in [-0.15, -0.1) is 0 Å². The third-order valence-electron chi connectivity index (χ3n) is 3.45. The average Bonchev–Trinajstić information content (AvgIpc) is 2.49. The quantitative estimate of drug-likeness (QED) is 0.693. The SMILES string of the molecule is CC/C(=C(\C)c1ccc(OC)cc1)c1ccccc1. The van der Waals surface area contributed by atoms with Crippen LogP contribution in [0.4, 0.5) is 0 Å². The lowest BCUT2D eigenvalue weighted by molar-refractivity contribution is 0.415. The van der Waals surface area contributed by atoms with E-state index in [1.165, 1.54) is 22.3 Å². The molecule has 0 aliphatic rings. The Bertz CT molecular complexity index is 550. The Morgan fingerprint density at radius 3 is 2.05 bits per heavy atom. The van der Waals surface area contributed by atoms with E-state index in [9.17, 15) is 0 Å². The molecule has 0 unspecified atom stereocenters. The summed E-state index contributed by atoms with van der Waals surface area (Å²) in [5.41, 5.74) is 5.28. The van der Waals surface area contributed by atoms with Crippen molar-refractivity contribution >= 4 is 11.1 Å². The van der Waals surface area contributed by atoms with Crippen LogP contribution in [0.1, 0.15) is 31.4 Å². The molecule has 0 N–H and O–H groups in total. The average molecular weight is 252 g/mol. The largest absolute Gasteiger partial charge is 0.497 e. The summed E-state index contributed by atoms with van der Waals surface area (Å²) in [5, 5.41) is 0. The summed E-state index contributed by atoms with van der Waals surface area (Å²) >= 11 is 0. The molecule has 0 atom stereocenters. The van der Waals surface area contributed by atoms with E-state index in [-0.39, 0.29) is 0 Å². The van der Waals surface area contributed by atoms with Gasteiger partial charge in [-0.1, -0.05) is 49.4 Å². The van der Waals surface area contributed by atoms with E-state index in [2.05, 4.69) is 56.3 Å². The first-order chi connectivity index (χ1) is 9.26. The minimum absolute atomic E-state index is 0.898. The van der Waals surface area contributed by atoms with E-state index in [1.54, 1.807) is 7.11 Å². The zero-order valence-corrected chi connectivity index (χ0v) is 11.8. The molecule has 0 saturated heterocycles. The highest BCUT2D eigenvalue weighted by atomic mass is 16.5. The van der Waals surface area contributed by atoms with Crippen LogP contribution in [0.5, 0.6) is 5.75 Å². The normalized spacial score (nSPS) is 11.9. The van der Waals surface area contributed by atoms with Crippen LogP contribution in [-0.4, -0.2) is 7.11 Å². The van der Waals surface area contributed by atoms with Gasteiger partial charge in [0.15, 0.2) is 0 Å². The van der Waals surface area contributed by atoms with Gasteiger partial charge in [-0.3, -0.25) is 0 Å². The Labute approximate surface area is 115 Å². The fraction of sp³-hybridized carbons (Fsp3) is 0.222. The first-order valence-electron chi connectivity index (χ1n) is 6.66. The van der Waals surface area contributed by atoms with Crippen molar-refractivity contribution in [3.8, 4) is 5.75 Å². The molecule has 0 fully saturated rings. The van der Waals surface area contributed by atoms with Gasteiger partial charge in [0.05, 0.1) is 7.11 Å². The highest BCUT2D eigenvalue weighted by molar-refractivity contribution is 5.89. The molecule has 1 nitrogen and oxygen atoms in total. The van der Waals surface area contributed by atoms with Gasteiger partial charge in [-0.2, -0.15) is 0 Å². The van der Waals surface area contributed by atoms with Crippen LogP contribution in [0.3, 0.4) is 0 Å². The van der Waals surface area contributed by atoms with Gasteiger partial charge in [0.2, 0.25) is 0 Å².